The lowest BCUT2D eigenvalue weighted by atomic mass is 10.2. The molecule has 0 amide bonds. The molecular formula is C12H12F3N3O2S. The summed E-state index contributed by atoms with van der Waals surface area (Å²) in [6.07, 6.45) is -4.65. The van der Waals surface area contributed by atoms with Gasteiger partial charge in [-0.15, -0.1) is 4.31 Å². The summed E-state index contributed by atoms with van der Waals surface area (Å²) < 4.78 is 55.4. The van der Waals surface area contributed by atoms with Crippen LogP contribution in [0.4, 0.5) is 13.2 Å². The van der Waals surface area contributed by atoms with E-state index in [-0.39, 0.29) is 5.89 Å². The van der Waals surface area contributed by atoms with Crippen LogP contribution in [0.5, 0.6) is 0 Å². The lowest BCUT2D eigenvalue weighted by Crippen LogP contribution is -2.26. The molecule has 0 saturated carbocycles. The summed E-state index contributed by atoms with van der Waals surface area (Å²) in [6, 6.07) is 6.08. The van der Waals surface area contributed by atoms with Gasteiger partial charge in [-0.05, 0) is 31.2 Å². The van der Waals surface area contributed by atoms with Crippen LogP contribution in [0.25, 0.3) is 11.5 Å². The molecule has 0 aliphatic carbocycles. The average Bonchev–Trinajstić information content (AvgIpc) is 2.95. The fraction of sp³-hybridized carbons (Fsp3) is 0.333. The van der Waals surface area contributed by atoms with E-state index in [1.54, 1.807) is 23.5 Å². The third-order valence-corrected chi connectivity index (χ3v) is 4.21. The zero-order chi connectivity index (χ0) is 15.6. The number of aromatic nitrogens is 2. The Balaban J connectivity index is 2.21. The second-order valence-corrected chi connectivity index (χ2v) is 5.73. The van der Waals surface area contributed by atoms with Gasteiger partial charge < -0.3 is 9.08 Å². The molecule has 1 aromatic carbocycles. The van der Waals surface area contributed by atoms with E-state index in [4.69, 9.17) is 0 Å². The van der Waals surface area contributed by atoms with Crippen LogP contribution in [0.15, 0.2) is 33.7 Å². The van der Waals surface area contributed by atoms with E-state index in [0.29, 0.717) is 17.0 Å². The van der Waals surface area contributed by atoms with Gasteiger partial charge in [-0.3, -0.25) is 0 Å². The van der Waals surface area contributed by atoms with Gasteiger partial charge in [-0.1, -0.05) is 5.16 Å². The normalized spacial score (nSPS) is 13.7. The van der Waals surface area contributed by atoms with E-state index in [1.807, 2.05) is 6.92 Å². The maximum absolute atomic E-state index is 12.4. The van der Waals surface area contributed by atoms with Gasteiger partial charge in [0.1, 0.15) is 0 Å². The van der Waals surface area contributed by atoms with Crippen molar-refractivity contribution in [3.05, 3.63) is 30.1 Å². The molecule has 0 N–H and O–H groups in total. The van der Waals surface area contributed by atoms with Gasteiger partial charge in [-0.2, -0.15) is 18.2 Å². The number of benzene rings is 1. The number of hydrogen-bond acceptors (Lipinski definition) is 5. The van der Waals surface area contributed by atoms with Gasteiger partial charge in [0, 0.05) is 19.2 Å². The molecular weight excluding hydrogens is 307 g/mol. The van der Waals surface area contributed by atoms with Gasteiger partial charge in [0.25, 0.3) is 11.7 Å². The Bertz CT molecular complexity index is 601. The van der Waals surface area contributed by atoms with Crippen molar-refractivity contribution in [1.29, 1.82) is 0 Å². The third kappa shape index (κ3) is 3.55. The van der Waals surface area contributed by atoms with Crippen LogP contribution >= 0.6 is 0 Å². The van der Waals surface area contributed by atoms with E-state index in [1.165, 1.54) is 12.1 Å². The van der Waals surface area contributed by atoms with Gasteiger partial charge in [0.2, 0.25) is 0 Å². The summed E-state index contributed by atoms with van der Waals surface area (Å²) >= 11 is -1.32. The molecule has 9 heteroatoms. The Morgan fingerprint density at radius 3 is 2.38 bits per heavy atom. The maximum atomic E-state index is 12.4. The first-order valence-electron chi connectivity index (χ1n) is 5.97. The highest BCUT2D eigenvalue weighted by molar-refractivity contribution is 7.89. The molecule has 21 heavy (non-hydrogen) atoms. The molecule has 5 nitrogen and oxygen atoms in total. The summed E-state index contributed by atoms with van der Waals surface area (Å²) in [5.74, 6) is -1.56. The van der Waals surface area contributed by atoms with Crippen molar-refractivity contribution >= 4 is 11.4 Å². The van der Waals surface area contributed by atoms with Crippen LogP contribution in [-0.2, 0) is 17.5 Å². The molecule has 2 aromatic rings. The van der Waals surface area contributed by atoms with E-state index in [0.717, 1.165) is 0 Å². The summed E-state index contributed by atoms with van der Waals surface area (Å²) in [6.45, 7) is 2.47. The Hall–Kier alpha value is -1.58. The highest BCUT2D eigenvalue weighted by Crippen LogP contribution is 2.29. The topological polar surface area (TPSA) is 65.2 Å². The summed E-state index contributed by atoms with van der Waals surface area (Å²) in [5, 5.41) is 2.88. The molecule has 114 valence electrons. The van der Waals surface area contributed by atoms with Crippen molar-refractivity contribution in [2.45, 2.75) is 18.0 Å². The first-order chi connectivity index (χ1) is 9.82. The van der Waals surface area contributed by atoms with E-state index in [2.05, 4.69) is 14.7 Å². The molecule has 1 aromatic heterocycles. The quantitative estimate of drug-likeness (QED) is 0.811. The minimum Gasteiger partial charge on any atom is -0.593 e. The fourth-order valence-electron chi connectivity index (χ4n) is 1.47. The number of alkyl halides is 3. The maximum Gasteiger partial charge on any atom is 0.455 e. The molecule has 0 saturated heterocycles. The highest BCUT2D eigenvalue weighted by atomic mass is 32.2. The zero-order valence-electron chi connectivity index (χ0n) is 11.2. The van der Waals surface area contributed by atoms with Gasteiger partial charge in [-0.25, -0.2) is 0 Å². The third-order valence-electron chi connectivity index (χ3n) is 2.71. The SMILES string of the molecule is CCN(C)[S+]([O-])c1ccc(-c2nc(C(F)(F)F)no2)cc1. The predicted octanol–water partition coefficient (Wildman–Crippen LogP) is 2.73. The molecule has 0 aliphatic heterocycles. The van der Waals surface area contributed by atoms with Gasteiger partial charge >= 0.3 is 6.18 Å². The summed E-state index contributed by atoms with van der Waals surface area (Å²) in [7, 11) is 1.71. The predicted molar refractivity (Wildman–Crippen MR) is 69.4 cm³/mol. The first-order valence-corrected chi connectivity index (χ1v) is 7.08. The number of hydrogen-bond donors (Lipinski definition) is 0. The van der Waals surface area contributed by atoms with Crippen LogP contribution in [0.1, 0.15) is 12.7 Å². The molecule has 0 radical (unpaired) electrons. The standard InChI is InChI=1S/C12H12F3N3O2S/c1-3-18(2)21(19)9-6-4-8(5-7-9)10-16-11(17-20-10)12(13,14)15/h4-7H,3H2,1-2H3. The largest absolute Gasteiger partial charge is 0.593 e. The van der Waals surface area contributed by atoms with Crippen LogP contribution in [0, 0.1) is 0 Å². The molecule has 2 rings (SSSR count). The highest BCUT2D eigenvalue weighted by Gasteiger charge is 2.37. The smallest absolute Gasteiger partial charge is 0.455 e. The van der Waals surface area contributed by atoms with Crippen molar-refractivity contribution in [1.82, 2.24) is 14.4 Å². The van der Waals surface area contributed by atoms with Crippen LogP contribution in [-0.4, -0.2) is 32.6 Å². The van der Waals surface area contributed by atoms with Crippen molar-refractivity contribution in [3.63, 3.8) is 0 Å². The minimum absolute atomic E-state index is 0.233. The lowest BCUT2D eigenvalue weighted by molar-refractivity contribution is -0.146. The van der Waals surface area contributed by atoms with E-state index >= 15 is 0 Å². The number of halogens is 3. The Morgan fingerprint density at radius 2 is 1.90 bits per heavy atom. The number of nitrogens with zero attached hydrogens (tertiary/aromatic N) is 3. The molecule has 1 atom stereocenters. The summed E-state index contributed by atoms with van der Waals surface area (Å²) in [4.78, 5) is 3.83. The Morgan fingerprint density at radius 1 is 1.29 bits per heavy atom. The molecule has 0 fully saturated rings. The lowest BCUT2D eigenvalue weighted by Gasteiger charge is -2.17. The monoisotopic (exact) mass is 319 g/mol. The molecule has 1 heterocycles. The van der Waals surface area contributed by atoms with Crippen molar-refractivity contribution in [2.75, 3.05) is 13.6 Å². The van der Waals surface area contributed by atoms with Crippen LogP contribution in [0.3, 0.4) is 0 Å². The Kier molecular flexibility index (Phi) is 4.55. The number of rotatable bonds is 4. The van der Waals surface area contributed by atoms with Gasteiger partial charge in [0.05, 0.1) is 11.4 Å². The molecule has 1 unspecified atom stereocenters. The molecule has 0 aliphatic rings. The van der Waals surface area contributed by atoms with Crippen LogP contribution < -0.4 is 0 Å². The minimum atomic E-state index is -4.65. The van der Waals surface area contributed by atoms with Crippen molar-refractivity contribution in [3.8, 4) is 11.5 Å². The average molecular weight is 319 g/mol. The second kappa shape index (κ2) is 6.04. The van der Waals surface area contributed by atoms with Gasteiger partial charge in [0.15, 0.2) is 4.90 Å². The van der Waals surface area contributed by atoms with E-state index in [9.17, 15) is 17.7 Å². The van der Waals surface area contributed by atoms with Crippen molar-refractivity contribution in [2.24, 2.45) is 0 Å². The van der Waals surface area contributed by atoms with E-state index < -0.39 is 23.4 Å². The second-order valence-electron chi connectivity index (χ2n) is 4.14. The van der Waals surface area contributed by atoms with Crippen molar-refractivity contribution < 1.29 is 22.2 Å². The Labute approximate surface area is 122 Å². The zero-order valence-corrected chi connectivity index (χ0v) is 12.0. The fourth-order valence-corrected chi connectivity index (χ4v) is 2.43. The van der Waals surface area contributed by atoms with Crippen LogP contribution in [0.2, 0.25) is 0 Å². The molecule has 0 bridgehead atoms. The summed E-state index contributed by atoms with van der Waals surface area (Å²) in [5.41, 5.74) is 0.331. The molecule has 0 spiro atoms. The first kappa shape index (κ1) is 15.8.